The van der Waals surface area contributed by atoms with E-state index in [2.05, 4.69) is 25.1 Å². The van der Waals surface area contributed by atoms with Gasteiger partial charge < -0.3 is 15.1 Å². The Morgan fingerprint density at radius 3 is 2.23 bits per heavy atom. The quantitative estimate of drug-likeness (QED) is 0.778. The number of anilines is 4. The molecule has 26 heavy (non-hydrogen) atoms. The molecule has 0 atom stereocenters. The zero-order valence-corrected chi connectivity index (χ0v) is 14.3. The summed E-state index contributed by atoms with van der Waals surface area (Å²) in [5, 5.41) is 3.30. The summed E-state index contributed by atoms with van der Waals surface area (Å²) in [7, 11) is 0. The van der Waals surface area contributed by atoms with Crippen LogP contribution in [0.5, 0.6) is 0 Å². The molecule has 1 aliphatic heterocycles. The first-order valence-corrected chi connectivity index (χ1v) is 8.67. The maximum Gasteiger partial charge on any atom is 0.135 e. The Bertz CT molecular complexity index is 846. The lowest BCUT2D eigenvalue weighted by atomic mass is 10.2. The fourth-order valence-corrected chi connectivity index (χ4v) is 3.10. The van der Waals surface area contributed by atoms with Gasteiger partial charge in [-0.05, 0) is 36.4 Å². The second-order valence-corrected chi connectivity index (χ2v) is 6.20. The van der Waals surface area contributed by atoms with Crippen molar-refractivity contribution < 1.29 is 4.39 Å². The van der Waals surface area contributed by atoms with Gasteiger partial charge in [0.1, 0.15) is 23.8 Å². The number of aromatic nitrogens is 2. The summed E-state index contributed by atoms with van der Waals surface area (Å²) in [4.78, 5) is 13.2. The standard InChI is InChI=1S/C20H20FN5/c21-16-6-8-18(9-7-16)25-10-12-26(13-11-25)20-14-19(22-15-23-20)24-17-4-2-1-3-5-17/h1-9,14-15H,10-13H2,(H,22,23,24). The van der Waals surface area contributed by atoms with Crippen molar-refractivity contribution in [2.75, 3.05) is 41.3 Å². The first kappa shape index (κ1) is 16.3. The molecule has 1 N–H and O–H groups in total. The first-order chi connectivity index (χ1) is 12.8. The van der Waals surface area contributed by atoms with Crippen LogP contribution in [0.2, 0.25) is 0 Å². The molecule has 0 unspecified atom stereocenters. The average Bonchev–Trinajstić information content (AvgIpc) is 2.70. The molecule has 1 fully saturated rings. The van der Waals surface area contributed by atoms with Crippen LogP contribution in [0.4, 0.5) is 27.4 Å². The normalized spacial score (nSPS) is 14.3. The van der Waals surface area contributed by atoms with E-state index in [1.54, 1.807) is 6.33 Å². The summed E-state index contributed by atoms with van der Waals surface area (Å²) in [6, 6.07) is 18.6. The molecule has 3 aromatic rings. The maximum atomic E-state index is 13.1. The molecule has 132 valence electrons. The number of hydrogen-bond acceptors (Lipinski definition) is 5. The van der Waals surface area contributed by atoms with Crippen LogP contribution in [-0.4, -0.2) is 36.1 Å². The lowest BCUT2D eigenvalue weighted by Gasteiger charge is -2.36. The Balaban J connectivity index is 1.41. The summed E-state index contributed by atoms with van der Waals surface area (Å²) in [5.74, 6) is 1.49. The smallest absolute Gasteiger partial charge is 0.135 e. The lowest BCUT2D eigenvalue weighted by molar-refractivity contribution is 0.624. The minimum atomic E-state index is -0.202. The summed E-state index contributed by atoms with van der Waals surface area (Å²) < 4.78 is 13.1. The summed E-state index contributed by atoms with van der Waals surface area (Å²) in [6.45, 7) is 3.46. The van der Waals surface area contributed by atoms with E-state index < -0.39 is 0 Å². The summed E-state index contributed by atoms with van der Waals surface area (Å²) in [5.41, 5.74) is 2.05. The number of nitrogens with zero attached hydrogens (tertiary/aromatic N) is 4. The van der Waals surface area contributed by atoms with Crippen LogP contribution in [0.25, 0.3) is 0 Å². The highest BCUT2D eigenvalue weighted by Crippen LogP contribution is 2.22. The van der Waals surface area contributed by atoms with Crippen LogP contribution >= 0.6 is 0 Å². The molecule has 0 aliphatic carbocycles. The Morgan fingerprint density at radius 2 is 1.50 bits per heavy atom. The largest absolute Gasteiger partial charge is 0.368 e. The number of para-hydroxylation sites is 1. The van der Waals surface area contributed by atoms with Crippen LogP contribution in [-0.2, 0) is 0 Å². The molecule has 1 saturated heterocycles. The highest BCUT2D eigenvalue weighted by molar-refractivity contribution is 5.59. The Kier molecular flexibility index (Phi) is 4.64. The molecule has 1 aromatic heterocycles. The van der Waals surface area contributed by atoms with Crippen molar-refractivity contribution in [1.29, 1.82) is 0 Å². The Labute approximate surface area is 152 Å². The van der Waals surface area contributed by atoms with Gasteiger partial charge in [0.2, 0.25) is 0 Å². The van der Waals surface area contributed by atoms with Crippen molar-refractivity contribution in [2.45, 2.75) is 0 Å². The topological polar surface area (TPSA) is 44.3 Å². The van der Waals surface area contributed by atoms with Crippen molar-refractivity contribution in [3.05, 3.63) is 72.8 Å². The molecule has 0 saturated carbocycles. The van der Waals surface area contributed by atoms with Crippen molar-refractivity contribution in [3.63, 3.8) is 0 Å². The van der Waals surface area contributed by atoms with E-state index in [-0.39, 0.29) is 5.82 Å². The molecule has 0 bridgehead atoms. The zero-order chi connectivity index (χ0) is 17.8. The molecule has 6 heteroatoms. The minimum Gasteiger partial charge on any atom is -0.368 e. The predicted molar refractivity (Wildman–Crippen MR) is 103 cm³/mol. The number of hydrogen-bond donors (Lipinski definition) is 1. The van der Waals surface area contributed by atoms with E-state index in [4.69, 9.17) is 0 Å². The van der Waals surface area contributed by atoms with Gasteiger partial charge in [0, 0.05) is 43.6 Å². The van der Waals surface area contributed by atoms with E-state index in [0.29, 0.717) is 0 Å². The van der Waals surface area contributed by atoms with Crippen LogP contribution in [0.15, 0.2) is 67.0 Å². The van der Waals surface area contributed by atoms with Crippen LogP contribution in [0.3, 0.4) is 0 Å². The van der Waals surface area contributed by atoms with E-state index in [9.17, 15) is 4.39 Å². The van der Waals surface area contributed by atoms with Crippen molar-refractivity contribution in [1.82, 2.24) is 9.97 Å². The number of piperazine rings is 1. The van der Waals surface area contributed by atoms with E-state index in [0.717, 1.165) is 49.2 Å². The van der Waals surface area contributed by atoms with E-state index in [1.165, 1.54) is 12.1 Å². The third kappa shape index (κ3) is 3.74. The maximum absolute atomic E-state index is 13.1. The summed E-state index contributed by atoms with van der Waals surface area (Å²) in [6.07, 6.45) is 1.59. The van der Waals surface area contributed by atoms with Gasteiger partial charge in [-0.3, -0.25) is 0 Å². The third-order valence-corrected chi connectivity index (χ3v) is 4.49. The molecular weight excluding hydrogens is 329 g/mol. The summed E-state index contributed by atoms with van der Waals surface area (Å²) >= 11 is 0. The Morgan fingerprint density at radius 1 is 0.808 bits per heavy atom. The average molecular weight is 349 g/mol. The molecule has 2 aromatic carbocycles. The van der Waals surface area contributed by atoms with Gasteiger partial charge in [0.25, 0.3) is 0 Å². The van der Waals surface area contributed by atoms with Crippen molar-refractivity contribution >= 4 is 23.0 Å². The van der Waals surface area contributed by atoms with Gasteiger partial charge in [-0.25, -0.2) is 14.4 Å². The van der Waals surface area contributed by atoms with Gasteiger partial charge in [0.15, 0.2) is 0 Å². The van der Waals surface area contributed by atoms with Gasteiger partial charge >= 0.3 is 0 Å². The van der Waals surface area contributed by atoms with E-state index in [1.807, 2.05) is 48.5 Å². The number of nitrogens with one attached hydrogen (secondary N) is 1. The second kappa shape index (κ2) is 7.39. The van der Waals surface area contributed by atoms with Crippen LogP contribution < -0.4 is 15.1 Å². The molecule has 5 nitrogen and oxygen atoms in total. The van der Waals surface area contributed by atoms with Gasteiger partial charge in [-0.15, -0.1) is 0 Å². The van der Waals surface area contributed by atoms with Crippen molar-refractivity contribution in [3.8, 4) is 0 Å². The van der Waals surface area contributed by atoms with Crippen LogP contribution in [0.1, 0.15) is 0 Å². The monoisotopic (exact) mass is 349 g/mol. The highest BCUT2D eigenvalue weighted by atomic mass is 19.1. The highest BCUT2D eigenvalue weighted by Gasteiger charge is 2.18. The first-order valence-electron chi connectivity index (χ1n) is 8.67. The fourth-order valence-electron chi connectivity index (χ4n) is 3.10. The molecule has 4 rings (SSSR count). The van der Waals surface area contributed by atoms with Crippen LogP contribution in [0, 0.1) is 5.82 Å². The molecular formula is C20H20FN5. The molecule has 2 heterocycles. The van der Waals surface area contributed by atoms with Crippen molar-refractivity contribution in [2.24, 2.45) is 0 Å². The Hall–Kier alpha value is -3.15. The molecule has 0 spiro atoms. The van der Waals surface area contributed by atoms with Gasteiger partial charge in [-0.1, -0.05) is 18.2 Å². The predicted octanol–water partition coefficient (Wildman–Crippen LogP) is 3.69. The number of benzene rings is 2. The lowest BCUT2D eigenvalue weighted by Crippen LogP contribution is -2.46. The zero-order valence-electron chi connectivity index (χ0n) is 14.3. The van der Waals surface area contributed by atoms with E-state index >= 15 is 0 Å². The SMILES string of the molecule is Fc1ccc(N2CCN(c3cc(Nc4ccccc4)ncn3)CC2)cc1. The van der Waals surface area contributed by atoms with Gasteiger partial charge in [-0.2, -0.15) is 0 Å². The number of rotatable bonds is 4. The second-order valence-electron chi connectivity index (χ2n) is 6.20. The molecule has 0 radical (unpaired) electrons. The third-order valence-electron chi connectivity index (χ3n) is 4.49. The molecule has 1 aliphatic rings. The fraction of sp³-hybridized carbons (Fsp3) is 0.200. The minimum absolute atomic E-state index is 0.202. The van der Waals surface area contributed by atoms with Gasteiger partial charge in [0.05, 0.1) is 0 Å². The molecule has 0 amide bonds. The number of halogens is 1.